The molecule has 0 saturated carbocycles. The minimum absolute atomic E-state index is 0.445. The van der Waals surface area contributed by atoms with Gasteiger partial charge in [-0.25, -0.2) is 0 Å². The van der Waals surface area contributed by atoms with E-state index < -0.39 is 0 Å². The van der Waals surface area contributed by atoms with E-state index in [4.69, 9.17) is 4.74 Å². The lowest BCUT2D eigenvalue weighted by atomic mass is 10.2. The molecule has 86 valence electrons. The number of ether oxygens (including phenoxy) is 1. The molecule has 0 bridgehead atoms. The Bertz CT molecular complexity index is 272. The van der Waals surface area contributed by atoms with Gasteiger partial charge >= 0.3 is 0 Å². The van der Waals surface area contributed by atoms with E-state index in [0.29, 0.717) is 6.04 Å². The molecular formula is C12H21NOS. The summed E-state index contributed by atoms with van der Waals surface area (Å²) in [6, 6.07) is 4.83. The molecule has 0 radical (unpaired) electrons. The first-order chi connectivity index (χ1) is 7.27. The van der Waals surface area contributed by atoms with Gasteiger partial charge in [0.1, 0.15) is 0 Å². The highest BCUT2D eigenvalue weighted by Crippen LogP contribution is 2.24. The number of hydrogen-bond donors (Lipinski definition) is 1. The molecule has 0 saturated heterocycles. The third-order valence-electron chi connectivity index (χ3n) is 2.35. The van der Waals surface area contributed by atoms with Gasteiger partial charge in [-0.2, -0.15) is 0 Å². The fraction of sp³-hybridized carbons (Fsp3) is 0.667. The highest BCUT2D eigenvalue weighted by Gasteiger charge is 2.10. The molecule has 1 unspecified atom stereocenters. The van der Waals surface area contributed by atoms with Gasteiger partial charge in [-0.05, 0) is 38.9 Å². The van der Waals surface area contributed by atoms with Crippen molar-refractivity contribution in [3.8, 4) is 0 Å². The first kappa shape index (κ1) is 12.7. The fourth-order valence-corrected chi connectivity index (χ4v) is 2.54. The third kappa shape index (κ3) is 4.33. The quantitative estimate of drug-likeness (QED) is 0.723. The van der Waals surface area contributed by atoms with Gasteiger partial charge in [0.25, 0.3) is 0 Å². The minimum atomic E-state index is 0.445. The second kappa shape index (κ2) is 6.99. The molecule has 0 spiro atoms. The van der Waals surface area contributed by atoms with Crippen LogP contribution in [0.2, 0.25) is 0 Å². The maximum Gasteiger partial charge on any atom is 0.0484 e. The van der Waals surface area contributed by atoms with E-state index in [1.165, 1.54) is 9.75 Å². The molecule has 15 heavy (non-hydrogen) atoms. The van der Waals surface area contributed by atoms with Crippen LogP contribution < -0.4 is 5.32 Å². The zero-order valence-electron chi connectivity index (χ0n) is 9.88. The Labute approximate surface area is 96.7 Å². The van der Waals surface area contributed by atoms with Crippen LogP contribution in [0.15, 0.2) is 12.1 Å². The predicted molar refractivity (Wildman–Crippen MR) is 66.6 cm³/mol. The smallest absolute Gasteiger partial charge is 0.0484 e. The van der Waals surface area contributed by atoms with E-state index in [0.717, 1.165) is 26.1 Å². The van der Waals surface area contributed by atoms with Crippen molar-refractivity contribution in [1.29, 1.82) is 0 Å². The van der Waals surface area contributed by atoms with Crippen molar-refractivity contribution in [3.05, 3.63) is 21.9 Å². The maximum absolute atomic E-state index is 5.51. The molecule has 0 amide bonds. The lowest BCUT2D eigenvalue weighted by Gasteiger charge is -2.14. The van der Waals surface area contributed by atoms with E-state index >= 15 is 0 Å². The van der Waals surface area contributed by atoms with Gasteiger partial charge in [0, 0.05) is 29.0 Å². The van der Waals surface area contributed by atoms with Crippen molar-refractivity contribution in [2.75, 3.05) is 20.3 Å². The molecule has 2 nitrogen and oxygen atoms in total. The van der Waals surface area contributed by atoms with Crippen LogP contribution in [0, 0.1) is 6.92 Å². The summed E-state index contributed by atoms with van der Waals surface area (Å²) in [6.45, 7) is 6.00. The Hall–Kier alpha value is -0.380. The van der Waals surface area contributed by atoms with Crippen LogP contribution in [0.5, 0.6) is 0 Å². The summed E-state index contributed by atoms with van der Waals surface area (Å²) in [5.41, 5.74) is 0. The van der Waals surface area contributed by atoms with E-state index in [9.17, 15) is 0 Å². The van der Waals surface area contributed by atoms with Crippen LogP contribution in [0.3, 0.4) is 0 Å². The largest absolute Gasteiger partial charge is 0.381 e. The van der Waals surface area contributed by atoms with Crippen molar-refractivity contribution in [2.45, 2.75) is 32.7 Å². The van der Waals surface area contributed by atoms with Crippen molar-refractivity contribution >= 4 is 11.3 Å². The SMILES string of the molecule is CCCOCCC(NC)c1ccc(C)s1. The Morgan fingerprint density at radius 1 is 1.40 bits per heavy atom. The normalized spacial score (nSPS) is 13.0. The molecule has 1 aromatic heterocycles. The highest BCUT2D eigenvalue weighted by atomic mass is 32.1. The van der Waals surface area contributed by atoms with Gasteiger partial charge in [0.2, 0.25) is 0 Å². The van der Waals surface area contributed by atoms with Gasteiger partial charge in [0.05, 0.1) is 0 Å². The molecule has 1 atom stereocenters. The van der Waals surface area contributed by atoms with Gasteiger partial charge in [-0.3, -0.25) is 0 Å². The van der Waals surface area contributed by atoms with Crippen LogP contribution in [-0.2, 0) is 4.74 Å². The number of aryl methyl sites for hydroxylation is 1. The first-order valence-corrected chi connectivity index (χ1v) is 6.41. The topological polar surface area (TPSA) is 21.3 Å². The number of rotatable bonds is 7. The van der Waals surface area contributed by atoms with E-state index in [-0.39, 0.29) is 0 Å². The van der Waals surface area contributed by atoms with Gasteiger partial charge in [-0.1, -0.05) is 6.92 Å². The summed E-state index contributed by atoms with van der Waals surface area (Å²) in [4.78, 5) is 2.79. The van der Waals surface area contributed by atoms with Crippen molar-refractivity contribution < 1.29 is 4.74 Å². The van der Waals surface area contributed by atoms with Crippen molar-refractivity contribution in [1.82, 2.24) is 5.32 Å². The Morgan fingerprint density at radius 2 is 2.20 bits per heavy atom. The van der Waals surface area contributed by atoms with Gasteiger partial charge < -0.3 is 10.1 Å². The van der Waals surface area contributed by atoms with Crippen LogP contribution >= 0.6 is 11.3 Å². The molecular weight excluding hydrogens is 206 g/mol. The monoisotopic (exact) mass is 227 g/mol. The predicted octanol–water partition coefficient (Wildman–Crippen LogP) is 3.13. The molecule has 0 aromatic carbocycles. The van der Waals surface area contributed by atoms with Crippen LogP contribution in [-0.4, -0.2) is 20.3 Å². The number of thiophene rings is 1. The molecule has 0 aliphatic rings. The lowest BCUT2D eigenvalue weighted by molar-refractivity contribution is 0.125. The lowest BCUT2D eigenvalue weighted by Crippen LogP contribution is -2.17. The molecule has 1 aromatic rings. The zero-order valence-corrected chi connectivity index (χ0v) is 10.7. The summed E-state index contributed by atoms with van der Waals surface area (Å²) in [5.74, 6) is 0. The second-order valence-electron chi connectivity index (χ2n) is 3.69. The van der Waals surface area contributed by atoms with Gasteiger partial charge in [-0.15, -0.1) is 11.3 Å². The average Bonchev–Trinajstić information content (AvgIpc) is 2.65. The van der Waals surface area contributed by atoms with E-state index in [1.807, 2.05) is 18.4 Å². The standard InChI is InChI=1S/C12H21NOS/c1-4-8-14-9-7-11(13-3)12-6-5-10(2)15-12/h5-6,11,13H,4,7-9H2,1-3H3. The fourth-order valence-electron chi connectivity index (χ4n) is 1.52. The Kier molecular flexibility index (Phi) is 5.91. The summed E-state index contributed by atoms with van der Waals surface area (Å²) in [6.07, 6.45) is 2.15. The molecule has 1 N–H and O–H groups in total. The molecule has 0 aliphatic heterocycles. The third-order valence-corrected chi connectivity index (χ3v) is 3.47. The first-order valence-electron chi connectivity index (χ1n) is 5.59. The minimum Gasteiger partial charge on any atom is -0.381 e. The van der Waals surface area contributed by atoms with Crippen LogP contribution in [0.4, 0.5) is 0 Å². The summed E-state index contributed by atoms with van der Waals surface area (Å²) in [5, 5.41) is 3.34. The van der Waals surface area contributed by atoms with E-state index in [1.54, 1.807) is 0 Å². The average molecular weight is 227 g/mol. The second-order valence-corrected chi connectivity index (χ2v) is 5.01. The summed E-state index contributed by atoms with van der Waals surface area (Å²) < 4.78 is 5.51. The van der Waals surface area contributed by atoms with Crippen LogP contribution in [0.25, 0.3) is 0 Å². The Morgan fingerprint density at radius 3 is 2.73 bits per heavy atom. The molecule has 3 heteroatoms. The van der Waals surface area contributed by atoms with Crippen molar-refractivity contribution in [2.24, 2.45) is 0 Å². The highest BCUT2D eigenvalue weighted by molar-refractivity contribution is 7.12. The Balaban J connectivity index is 2.35. The summed E-state index contributed by atoms with van der Waals surface area (Å²) in [7, 11) is 2.01. The maximum atomic E-state index is 5.51. The van der Waals surface area contributed by atoms with Crippen molar-refractivity contribution in [3.63, 3.8) is 0 Å². The van der Waals surface area contributed by atoms with E-state index in [2.05, 4.69) is 31.3 Å². The van der Waals surface area contributed by atoms with Gasteiger partial charge in [0.15, 0.2) is 0 Å². The molecule has 0 aliphatic carbocycles. The molecule has 0 fully saturated rings. The van der Waals surface area contributed by atoms with Crippen LogP contribution in [0.1, 0.15) is 35.6 Å². The zero-order chi connectivity index (χ0) is 11.1. The number of nitrogens with one attached hydrogen (secondary N) is 1. The summed E-state index contributed by atoms with van der Waals surface area (Å²) >= 11 is 1.87. The molecule has 1 rings (SSSR count). The number of hydrogen-bond acceptors (Lipinski definition) is 3. The molecule has 1 heterocycles.